The molecule has 1 aromatic carbocycles. The fourth-order valence-electron chi connectivity index (χ4n) is 2.22. The number of nitrogens with zero attached hydrogens (tertiary/aromatic N) is 1. The lowest BCUT2D eigenvalue weighted by Crippen LogP contribution is -2.33. The monoisotopic (exact) mass is 248 g/mol. The van der Waals surface area contributed by atoms with Gasteiger partial charge >= 0.3 is 6.09 Å². The van der Waals surface area contributed by atoms with Gasteiger partial charge in [-0.25, -0.2) is 4.79 Å². The van der Waals surface area contributed by atoms with Gasteiger partial charge < -0.3 is 9.64 Å². The average Bonchev–Trinajstić information content (AvgIpc) is 2.51. The van der Waals surface area contributed by atoms with Gasteiger partial charge in [-0.2, -0.15) is 0 Å². The van der Waals surface area contributed by atoms with Crippen LogP contribution in [-0.4, -0.2) is 26.2 Å². The number of hydrogen-bond acceptors (Lipinski definition) is 3. The maximum absolute atomic E-state index is 12.1. The van der Waals surface area contributed by atoms with E-state index in [2.05, 4.69) is 10.1 Å². The summed E-state index contributed by atoms with van der Waals surface area (Å²) in [4.78, 5) is 24.9. The van der Waals surface area contributed by atoms with Crippen LogP contribution in [0.25, 0.3) is 0 Å². The molecular formula is C13H16N2O3. The second kappa shape index (κ2) is 4.01. The van der Waals surface area contributed by atoms with Crippen LogP contribution in [-0.2, 0) is 14.9 Å². The van der Waals surface area contributed by atoms with Crippen molar-refractivity contribution in [2.45, 2.75) is 19.3 Å². The molecule has 0 atom stereocenters. The highest BCUT2D eigenvalue weighted by atomic mass is 16.5. The highest BCUT2D eigenvalue weighted by Gasteiger charge is 2.42. The first-order valence-electron chi connectivity index (χ1n) is 5.65. The standard InChI is InChI=1S/C13H16N2O3/c1-13(2)9-7-8(14-12(17)18-4)5-6-10(9)15(3)11(13)16/h5-7H,1-4H3,(H,14,17). The summed E-state index contributed by atoms with van der Waals surface area (Å²) in [5.41, 5.74) is 1.83. The fraction of sp³-hybridized carbons (Fsp3) is 0.385. The number of fused-ring (bicyclic) bond motifs is 1. The number of likely N-dealkylation sites (N-methyl/N-ethyl adjacent to an activating group) is 1. The molecule has 0 saturated carbocycles. The maximum atomic E-state index is 12.1. The van der Waals surface area contributed by atoms with E-state index < -0.39 is 11.5 Å². The van der Waals surface area contributed by atoms with Gasteiger partial charge in [0.05, 0.1) is 12.5 Å². The molecule has 0 radical (unpaired) electrons. The van der Waals surface area contributed by atoms with Crippen LogP contribution in [0.5, 0.6) is 0 Å². The summed E-state index contributed by atoms with van der Waals surface area (Å²) >= 11 is 0. The van der Waals surface area contributed by atoms with E-state index in [4.69, 9.17) is 0 Å². The molecule has 0 bridgehead atoms. The van der Waals surface area contributed by atoms with Crippen LogP contribution >= 0.6 is 0 Å². The van der Waals surface area contributed by atoms with Gasteiger partial charge in [-0.05, 0) is 37.6 Å². The molecule has 5 heteroatoms. The Hall–Kier alpha value is -2.04. The van der Waals surface area contributed by atoms with E-state index in [9.17, 15) is 9.59 Å². The van der Waals surface area contributed by atoms with Crippen LogP contribution in [0, 0.1) is 0 Å². The number of carbonyl (C=O) groups excluding carboxylic acids is 2. The van der Waals surface area contributed by atoms with Crippen molar-refractivity contribution in [3.05, 3.63) is 23.8 Å². The summed E-state index contributed by atoms with van der Waals surface area (Å²) < 4.78 is 4.54. The van der Waals surface area contributed by atoms with Gasteiger partial charge in [0.15, 0.2) is 0 Å². The predicted octanol–water partition coefficient (Wildman–Crippen LogP) is 2.12. The van der Waals surface area contributed by atoms with Gasteiger partial charge in [0.2, 0.25) is 5.91 Å². The Morgan fingerprint density at radius 1 is 1.39 bits per heavy atom. The van der Waals surface area contributed by atoms with Gasteiger partial charge in [-0.3, -0.25) is 10.1 Å². The van der Waals surface area contributed by atoms with Crippen molar-refractivity contribution < 1.29 is 14.3 Å². The number of hydrogen-bond donors (Lipinski definition) is 1. The van der Waals surface area contributed by atoms with Crippen molar-refractivity contribution in [1.82, 2.24) is 0 Å². The molecular weight excluding hydrogens is 232 g/mol. The number of ether oxygens (including phenoxy) is 1. The second-order valence-electron chi connectivity index (χ2n) is 4.84. The predicted molar refractivity (Wildman–Crippen MR) is 68.9 cm³/mol. The molecule has 1 N–H and O–H groups in total. The van der Waals surface area contributed by atoms with Crippen molar-refractivity contribution in [3.63, 3.8) is 0 Å². The summed E-state index contributed by atoms with van der Waals surface area (Å²) in [6.45, 7) is 3.75. The van der Waals surface area contributed by atoms with Gasteiger partial charge in [0.25, 0.3) is 0 Å². The quantitative estimate of drug-likeness (QED) is 0.828. The topological polar surface area (TPSA) is 58.6 Å². The minimum absolute atomic E-state index is 0.0488. The lowest BCUT2D eigenvalue weighted by Gasteiger charge is -2.16. The molecule has 2 amide bonds. The maximum Gasteiger partial charge on any atom is 0.411 e. The third kappa shape index (κ3) is 1.72. The van der Waals surface area contributed by atoms with Crippen LogP contribution in [0.2, 0.25) is 0 Å². The molecule has 0 saturated heterocycles. The summed E-state index contributed by atoms with van der Waals surface area (Å²) in [5.74, 6) is 0.0488. The molecule has 5 nitrogen and oxygen atoms in total. The number of amides is 2. The number of carbonyl (C=O) groups is 2. The molecule has 1 aromatic rings. The third-order valence-electron chi connectivity index (χ3n) is 3.30. The lowest BCUT2D eigenvalue weighted by atomic mass is 9.86. The molecule has 0 aromatic heterocycles. The molecule has 96 valence electrons. The molecule has 0 aliphatic carbocycles. The Morgan fingerprint density at radius 2 is 2.06 bits per heavy atom. The lowest BCUT2D eigenvalue weighted by molar-refractivity contribution is -0.121. The van der Waals surface area contributed by atoms with Crippen molar-refractivity contribution >= 4 is 23.4 Å². The average molecular weight is 248 g/mol. The molecule has 0 spiro atoms. The zero-order valence-electron chi connectivity index (χ0n) is 10.9. The van der Waals surface area contributed by atoms with Gasteiger partial charge in [0.1, 0.15) is 0 Å². The van der Waals surface area contributed by atoms with E-state index in [1.54, 1.807) is 18.0 Å². The van der Waals surface area contributed by atoms with Gasteiger partial charge in [-0.1, -0.05) is 0 Å². The Bertz CT molecular complexity index is 523. The van der Waals surface area contributed by atoms with Gasteiger partial charge in [0, 0.05) is 18.4 Å². The van der Waals surface area contributed by atoms with Crippen LogP contribution in [0.15, 0.2) is 18.2 Å². The Balaban J connectivity index is 2.42. The van der Waals surface area contributed by atoms with Crippen molar-refractivity contribution in [1.29, 1.82) is 0 Å². The largest absolute Gasteiger partial charge is 0.453 e. The van der Waals surface area contributed by atoms with E-state index in [-0.39, 0.29) is 5.91 Å². The van der Waals surface area contributed by atoms with Crippen molar-refractivity contribution in [2.24, 2.45) is 0 Å². The molecule has 2 rings (SSSR count). The first kappa shape index (κ1) is 12.4. The minimum atomic E-state index is -0.572. The van der Waals surface area contributed by atoms with Crippen LogP contribution in [0.3, 0.4) is 0 Å². The number of methoxy groups -OCH3 is 1. The smallest absolute Gasteiger partial charge is 0.411 e. The van der Waals surface area contributed by atoms with E-state index in [0.717, 1.165) is 11.3 Å². The van der Waals surface area contributed by atoms with E-state index in [0.29, 0.717) is 5.69 Å². The Labute approximate surface area is 106 Å². The van der Waals surface area contributed by atoms with Crippen LogP contribution in [0.1, 0.15) is 19.4 Å². The van der Waals surface area contributed by atoms with Gasteiger partial charge in [-0.15, -0.1) is 0 Å². The van der Waals surface area contributed by atoms with Crippen molar-refractivity contribution in [2.75, 3.05) is 24.4 Å². The zero-order valence-corrected chi connectivity index (χ0v) is 10.9. The zero-order chi connectivity index (χ0) is 13.5. The Morgan fingerprint density at radius 3 is 2.67 bits per heavy atom. The first-order valence-corrected chi connectivity index (χ1v) is 5.65. The minimum Gasteiger partial charge on any atom is -0.453 e. The van der Waals surface area contributed by atoms with E-state index >= 15 is 0 Å². The van der Waals surface area contributed by atoms with E-state index in [1.807, 2.05) is 26.0 Å². The number of benzene rings is 1. The summed E-state index contributed by atoms with van der Waals surface area (Å²) in [6, 6.07) is 5.39. The fourth-order valence-corrected chi connectivity index (χ4v) is 2.22. The first-order chi connectivity index (χ1) is 8.37. The van der Waals surface area contributed by atoms with E-state index in [1.165, 1.54) is 7.11 Å². The molecule has 0 fully saturated rings. The number of anilines is 2. The summed E-state index contributed by atoms with van der Waals surface area (Å²) in [7, 11) is 3.06. The third-order valence-corrected chi connectivity index (χ3v) is 3.30. The normalized spacial score (nSPS) is 16.4. The SMILES string of the molecule is COC(=O)Nc1ccc2c(c1)C(C)(C)C(=O)N2C. The van der Waals surface area contributed by atoms with Crippen LogP contribution < -0.4 is 10.2 Å². The second-order valence-corrected chi connectivity index (χ2v) is 4.84. The number of nitrogens with one attached hydrogen (secondary N) is 1. The Kier molecular flexibility index (Phi) is 2.77. The summed E-state index contributed by atoms with van der Waals surface area (Å²) in [6.07, 6.45) is -0.523. The highest BCUT2D eigenvalue weighted by Crippen LogP contribution is 2.41. The van der Waals surface area contributed by atoms with Crippen LogP contribution in [0.4, 0.5) is 16.2 Å². The molecule has 1 aliphatic heterocycles. The molecule has 18 heavy (non-hydrogen) atoms. The molecule has 1 heterocycles. The molecule has 1 aliphatic rings. The number of rotatable bonds is 1. The highest BCUT2D eigenvalue weighted by molar-refractivity contribution is 6.07. The summed E-state index contributed by atoms with van der Waals surface area (Å²) in [5, 5.41) is 2.60. The van der Waals surface area contributed by atoms with Crippen molar-refractivity contribution in [3.8, 4) is 0 Å². The molecule has 0 unspecified atom stereocenters.